The Labute approximate surface area is 109 Å². The highest BCUT2D eigenvalue weighted by Gasteiger charge is 2.10. The zero-order chi connectivity index (χ0) is 13.4. The number of unbranched alkanes of at least 4 members (excludes halogenated alkanes) is 2. The molecule has 1 rings (SSSR count). The van der Waals surface area contributed by atoms with Crippen LogP contribution in [0.4, 0.5) is 5.69 Å². The maximum Gasteiger partial charge on any atom is 0.231 e. The van der Waals surface area contributed by atoms with Gasteiger partial charge in [0.2, 0.25) is 5.91 Å². The lowest BCUT2D eigenvalue weighted by molar-refractivity contribution is -0.119. The maximum atomic E-state index is 11.1. The summed E-state index contributed by atoms with van der Waals surface area (Å²) in [6.45, 7) is 4.01. The van der Waals surface area contributed by atoms with Gasteiger partial charge < -0.3 is 11.5 Å². The summed E-state index contributed by atoms with van der Waals surface area (Å²) in [4.78, 5) is 13.1. The van der Waals surface area contributed by atoms with Crippen molar-refractivity contribution in [3.05, 3.63) is 29.8 Å². The second-order valence-electron chi connectivity index (χ2n) is 4.58. The minimum Gasteiger partial charge on any atom is -0.398 e. The van der Waals surface area contributed by atoms with Gasteiger partial charge in [0.15, 0.2) is 0 Å². The van der Waals surface area contributed by atoms with E-state index in [9.17, 15) is 4.79 Å². The van der Waals surface area contributed by atoms with Crippen molar-refractivity contribution in [1.29, 1.82) is 0 Å². The van der Waals surface area contributed by atoms with Crippen molar-refractivity contribution >= 4 is 11.6 Å². The quantitative estimate of drug-likeness (QED) is 0.544. The van der Waals surface area contributed by atoms with Crippen LogP contribution < -0.4 is 11.5 Å². The number of anilines is 1. The maximum absolute atomic E-state index is 11.1. The van der Waals surface area contributed by atoms with Crippen molar-refractivity contribution < 1.29 is 4.79 Å². The standard InChI is InChI=1S/C14H23N3O/c1-2-3-6-9-17(11-14(16)18)10-12-7-4-5-8-13(12)15/h4-5,7-8H,2-3,6,9-11,15H2,1H3,(H2,16,18). The molecule has 0 aliphatic heterocycles. The van der Waals surface area contributed by atoms with Crippen LogP contribution in [0, 0.1) is 0 Å². The van der Waals surface area contributed by atoms with Crippen molar-refractivity contribution in [2.45, 2.75) is 32.7 Å². The van der Waals surface area contributed by atoms with Crippen molar-refractivity contribution in [3.63, 3.8) is 0 Å². The van der Waals surface area contributed by atoms with Gasteiger partial charge in [-0.05, 0) is 24.6 Å². The van der Waals surface area contributed by atoms with E-state index >= 15 is 0 Å². The normalized spacial score (nSPS) is 10.8. The van der Waals surface area contributed by atoms with Crippen molar-refractivity contribution in [1.82, 2.24) is 4.90 Å². The van der Waals surface area contributed by atoms with E-state index in [1.54, 1.807) is 0 Å². The Hall–Kier alpha value is -1.55. The molecule has 0 saturated heterocycles. The van der Waals surface area contributed by atoms with Gasteiger partial charge in [-0.15, -0.1) is 0 Å². The summed E-state index contributed by atoms with van der Waals surface area (Å²) in [5, 5.41) is 0. The highest BCUT2D eigenvalue weighted by atomic mass is 16.1. The Kier molecular flexibility index (Phi) is 6.22. The number of amides is 1. The Bertz CT molecular complexity index is 379. The molecular formula is C14H23N3O. The summed E-state index contributed by atoms with van der Waals surface area (Å²) in [5.74, 6) is -0.291. The number of primary amides is 1. The molecule has 0 saturated carbocycles. The average Bonchev–Trinajstić information content (AvgIpc) is 2.31. The van der Waals surface area contributed by atoms with E-state index < -0.39 is 0 Å². The van der Waals surface area contributed by atoms with Gasteiger partial charge in [-0.2, -0.15) is 0 Å². The van der Waals surface area contributed by atoms with Gasteiger partial charge in [0.1, 0.15) is 0 Å². The molecule has 0 unspecified atom stereocenters. The molecule has 0 radical (unpaired) electrons. The number of nitrogens with two attached hydrogens (primary N) is 2. The van der Waals surface area contributed by atoms with Crippen LogP contribution in [0.25, 0.3) is 0 Å². The predicted octanol–water partition coefficient (Wildman–Crippen LogP) is 1.75. The number of carbonyl (C=O) groups excluding carboxylic acids is 1. The number of hydrogen-bond donors (Lipinski definition) is 2. The van der Waals surface area contributed by atoms with Crippen LogP contribution >= 0.6 is 0 Å². The summed E-state index contributed by atoms with van der Waals surface area (Å²) in [6, 6.07) is 7.74. The summed E-state index contributed by atoms with van der Waals surface area (Å²) in [5.41, 5.74) is 13.0. The molecule has 0 aliphatic rings. The van der Waals surface area contributed by atoms with E-state index in [0.29, 0.717) is 6.54 Å². The van der Waals surface area contributed by atoms with Crippen LogP contribution in [0.1, 0.15) is 31.7 Å². The van der Waals surface area contributed by atoms with Gasteiger partial charge >= 0.3 is 0 Å². The third-order valence-corrected chi connectivity index (χ3v) is 2.91. The molecular weight excluding hydrogens is 226 g/mol. The van der Waals surface area contributed by atoms with Crippen LogP contribution in [0.15, 0.2) is 24.3 Å². The molecule has 0 bridgehead atoms. The van der Waals surface area contributed by atoms with Crippen molar-refractivity contribution in [2.75, 3.05) is 18.8 Å². The predicted molar refractivity (Wildman–Crippen MR) is 74.9 cm³/mol. The monoisotopic (exact) mass is 249 g/mol. The number of hydrogen-bond acceptors (Lipinski definition) is 3. The van der Waals surface area contributed by atoms with Gasteiger partial charge in [-0.3, -0.25) is 9.69 Å². The van der Waals surface area contributed by atoms with Crippen LogP contribution in [0.3, 0.4) is 0 Å². The molecule has 0 aliphatic carbocycles. The SMILES string of the molecule is CCCCCN(CC(N)=O)Cc1ccccc1N. The van der Waals surface area contributed by atoms with E-state index in [-0.39, 0.29) is 12.5 Å². The molecule has 0 aromatic heterocycles. The van der Waals surface area contributed by atoms with E-state index in [1.165, 1.54) is 6.42 Å². The largest absolute Gasteiger partial charge is 0.398 e. The smallest absolute Gasteiger partial charge is 0.231 e. The lowest BCUT2D eigenvalue weighted by Gasteiger charge is -2.21. The average molecular weight is 249 g/mol. The molecule has 1 aromatic rings. The molecule has 0 heterocycles. The third-order valence-electron chi connectivity index (χ3n) is 2.91. The molecule has 18 heavy (non-hydrogen) atoms. The van der Waals surface area contributed by atoms with Gasteiger partial charge in [0, 0.05) is 12.2 Å². The van der Waals surface area contributed by atoms with Crippen molar-refractivity contribution in [3.8, 4) is 0 Å². The molecule has 0 atom stereocenters. The first-order valence-corrected chi connectivity index (χ1v) is 6.47. The molecule has 1 aromatic carbocycles. The Morgan fingerprint density at radius 2 is 2.00 bits per heavy atom. The molecule has 4 heteroatoms. The van der Waals surface area contributed by atoms with Crippen LogP contribution in [-0.2, 0) is 11.3 Å². The van der Waals surface area contributed by atoms with Crippen LogP contribution in [-0.4, -0.2) is 23.9 Å². The number of benzene rings is 1. The highest BCUT2D eigenvalue weighted by Crippen LogP contribution is 2.13. The van der Waals surface area contributed by atoms with E-state index in [4.69, 9.17) is 11.5 Å². The van der Waals surface area contributed by atoms with Gasteiger partial charge in [-0.1, -0.05) is 38.0 Å². The molecule has 100 valence electrons. The molecule has 0 spiro atoms. The van der Waals surface area contributed by atoms with Gasteiger partial charge in [0.25, 0.3) is 0 Å². The number of carbonyl (C=O) groups is 1. The van der Waals surface area contributed by atoms with Crippen LogP contribution in [0.5, 0.6) is 0 Å². The van der Waals surface area contributed by atoms with Crippen LogP contribution in [0.2, 0.25) is 0 Å². The van der Waals surface area contributed by atoms with E-state index in [0.717, 1.165) is 30.6 Å². The lowest BCUT2D eigenvalue weighted by atomic mass is 10.1. The zero-order valence-corrected chi connectivity index (χ0v) is 11.1. The molecule has 1 amide bonds. The Morgan fingerprint density at radius 1 is 1.28 bits per heavy atom. The summed E-state index contributed by atoms with van der Waals surface area (Å²) < 4.78 is 0. The minimum atomic E-state index is -0.291. The summed E-state index contributed by atoms with van der Waals surface area (Å²) in [6.07, 6.45) is 3.41. The zero-order valence-electron chi connectivity index (χ0n) is 11.1. The minimum absolute atomic E-state index is 0.290. The van der Waals surface area contributed by atoms with Gasteiger partial charge in [0.05, 0.1) is 6.54 Å². The fourth-order valence-corrected chi connectivity index (χ4v) is 1.94. The first-order valence-electron chi connectivity index (χ1n) is 6.47. The molecule has 4 nitrogen and oxygen atoms in total. The second kappa shape index (κ2) is 7.71. The molecule has 0 fully saturated rings. The summed E-state index contributed by atoms with van der Waals surface area (Å²) in [7, 11) is 0. The number of para-hydroxylation sites is 1. The molecule has 4 N–H and O–H groups in total. The third kappa shape index (κ3) is 5.19. The fraction of sp³-hybridized carbons (Fsp3) is 0.500. The van der Waals surface area contributed by atoms with Crippen molar-refractivity contribution in [2.24, 2.45) is 5.73 Å². The Balaban J connectivity index is 2.59. The first-order chi connectivity index (χ1) is 8.63. The summed E-state index contributed by atoms with van der Waals surface area (Å²) >= 11 is 0. The van der Waals surface area contributed by atoms with E-state index in [2.05, 4.69) is 11.8 Å². The topological polar surface area (TPSA) is 72.3 Å². The first kappa shape index (κ1) is 14.5. The number of nitrogens with zero attached hydrogens (tertiary/aromatic N) is 1. The number of rotatable bonds is 8. The number of nitrogen functional groups attached to an aromatic ring is 1. The van der Waals surface area contributed by atoms with Gasteiger partial charge in [-0.25, -0.2) is 0 Å². The second-order valence-corrected chi connectivity index (χ2v) is 4.58. The Morgan fingerprint density at radius 3 is 2.61 bits per heavy atom. The lowest BCUT2D eigenvalue weighted by Crippen LogP contribution is -2.34. The fourth-order valence-electron chi connectivity index (χ4n) is 1.94. The van der Waals surface area contributed by atoms with E-state index in [1.807, 2.05) is 24.3 Å². The highest BCUT2D eigenvalue weighted by molar-refractivity contribution is 5.75.